The summed E-state index contributed by atoms with van der Waals surface area (Å²) < 4.78 is 7.31. The Morgan fingerprint density at radius 2 is 2.33 bits per heavy atom. The fourth-order valence-electron chi connectivity index (χ4n) is 1.50. The largest absolute Gasteiger partial charge is 0.441 e. The number of nitrogens with zero attached hydrogens (tertiary/aromatic N) is 3. The van der Waals surface area contributed by atoms with E-state index in [2.05, 4.69) is 10.1 Å². The van der Waals surface area contributed by atoms with Crippen LogP contribution in [0, 0.1) is 6.92 Å². The molecule has 0 aliphatic rings. The number of nitrogens with two attached hydrogens (primary N) is 1. The molecule has 5 heteroatoms. The number of hydrogen-bond donors (Lipinski definition) is 1. The van der Waals surface area contributed by atoms with Gasteiger partial charge in [-0.25, -0.2) is 4.98 Å². The number of aryl methyl sites for hydroxylation is 2. The van der Waals surface area contributed by atoms with Crippen LogP contribution in [0.4, 0.5) is 0 Å². The number of aromatic nitrogens is 3. The van der Waals surface area contributed by atoms with Crippen molar-refractivity contribution in [2.45, 2.75) is 13.3 Å². The molecule has 0 fully saturated rings. The fourth-order valence-corrected chi connectivity index (χ4v) is 1.50. The normalized spacial score (nSPS) is 10.9. The second-order valence-corrected chi connectivity index (χ2v) is 3.47. The van der Waals surface area contributed by atoms with Crippen LogP contribution in [0.15, 0.2) is 16.8 Å². The molecule has 0 aliphatic heterocycles. The lowest BCUT2D eigenvalue weighted by molar-refractivity contribution is 0.519. The molecule has 2 aromatic heterocycles. The summed E-state index contributed by atoms with van der Waals surface area (Å²) >= 11 is 0. The van der Waals surface area contributed by atoms with Crippen molar-refractivity contribution >= 4 is 0 Å². The molecule has 0 bridgehead atoms. The van der Waals surface area contributed by atoms with Crippen LogP contribution in [0.25, 0.3) is 11.5 Å². The first-order chi connectivity index (χ1) is 7.20. The van der Waals surface area contributed by atoms with Crippen molar-refractivity contribution in [1.29, 1.82) is 0 Å². The molecule has 5 nitrogen and oxygen atoms in total. The number of rotatable bonds is 3. The summed E-state index contributed by atoms with van der Waals surface area (Å²) in [6.45, 7) is 2.50. The van der Waals surface area contributed by atoms with Gasteiger partial charge in [-0.05, 0) is 13.5 Å². The van der Waals surface area contributed by atoms with Gasteiger partial charge in [0.25, 0.3) is 0 Å². The van der Waals surface area contributed by atoms with Gasteiger partial charge >= 0.3 is 0 Å². The highest BCUT2D eigenvalue weighted by molar-refractivity contribution is 5.54. The van der Waals surface area contributed by atoms with Gasteiger partial charge in [-0.1, -0.05) is 0 Å². The van der Waals surface area contributed by atoms with E-state index in [4.69, 9.17) is 10.2 Å². The van der Waals surface area contributed by atoms with E-state index < -0.39 is 0 Å². The van der Waals surface area contributed by atoms with E-state index in [0.29, 0.717) is 18.9 Å². The van der Waals surface area contributed by atoms with Crippen molar-refractivity contribution in [3.8, 4) is 11.5 Å². The van der Waals surface area contributed by atoms with Crippen molar-refractivity contribution in [3.05, 3.63) is 23.8 Å². The molecule has 0 aromatic carbocycles. The lowest BCUT2D eigenvalue weighted by Gasteiger charge is -1.91. The molecule has 0 saturated heterocycles. The van der Waals surface area contributed by atoms with Crippen LogP contribution in [0.5, 0.6) is 0 Å². The monoisotopic (exact) mass is 206 g/mol. The number of hydrogen-bond acceptors (Lipinski definition) is 4. The van der Waals surface area contributed by atoms with Crippen molar-refractivity contribution in [2.24, 2.45) is 12.8 Å². The molecule has 2 rings (SSSR count). The summed E-state index contributed by atoms with van der Waals surface area (Å²) in [6, 6.07) is 0. The van der Waals surface area contributed by atoms with Crippen molar-refractivity contribution in [2.75, 3.05) is 6.54 Å². The Kier molecular flexibility index (Phi) is 2.55. The molecule has 80 valence electrons. The van der Waals surface area contributed by atoms with Crippen LogP contribution in [0.1, 0.15) is 11.5 Å². The Labute approximate surface area is 87.9 Å². The highest BCUT2D eigenvalue weighted by Gasteiger charge is 2.11. The van der Waals surface area contributed by atoms with Gasteiger partial charge < -0.3 is 10.2 Å². The maximum Gasteiger partial charge on any atom is 0.229 e. The standard InChI is InChI=1S/C10H14N4O/c1-7-9(6-14(2)13-7)10-12-5-8(15-10)3-4-11/h5-6H,3-4,11H2,1-2H3. The van der Waals surface area contributed by atoms with E-state index in [1.807, 2.05) is 20.2 Å². The Hall–Kier alpha value is -1.62. The minimum absolute atomic E-state index is 0.570. The third-order valence-corrected chi connectivity index (χ3v) is 2.19. The van der Waals surface area contributed by atoms with Crippen molar-refractivity contribution < 1.29 is 4.42 Å². The van der Waals surface area contributed by atoms with Gasteiger partial charge in [0.2, 0.25) is 5.89 Å². The second-order valence-electron chi connectivity index (χ2n) is 3.47. The van der Waals surface area contributed by atoms with E-state index in [1.165, 1.54) is 0 Å². The zero-order chi connectivity index (χ0) is 10.8. The first kappa shape index (κ1) is 9.92. The van der Waals surface area contributed by atoms with Gasteiger partial charge in [0.1, 0.15) is 5.76 Å². The maximum absolute atomic E-state index is 5.56. The second kappa shape index (κ2) is 3.86. The lowest BCUT2D eigenvalue weighted by Crippen LogP contribution is -2.01. The smallest absolute Gasteiger partial charge is 0.229 e. The molecule has 2 heterocycles. The summed E-state index contributed by atoms with van der Waals surface area (Å²) in [5, 5.41) is 4.23. The molecule has 0 atom stereocenters. The molecular formula is C10H14N4O. The van der Waals surface area contributed by atoms with Gasteiger partial charge in [-0.3, -0.25) is 4.68 Å². The topological polar surface area (TPSA) is 69.9 Å². The summed E-state index contributed by atoms with van der Waals surface area (Å²) in [5.41, 5.74) is 7.28. The fraction of sp³-hybridized carbons (Fsp3) is 0.400. The number of oxazole rings is 1. The third kappa shape index (κ3) is 1.92. The summed E-state index contributed by atoms with van der Waals surface area (Å²) in [5.74, 6) is 1.43. The average Bonchev–Trinajstić information content (AvgIpc) is 2.73. The Balaban J connectivity index is 2.32. The van der Waals surface area contributed by atoms with Gasteiger partial charge in [0.05, 0.1) is 17.5 Å². The predicted molar refractivity (Wildman–Crippen MR) is 56.2 cm³/mol. The van der Waals surface area contributed by atoms with Crippen LogP contribution in [-0.2, 0) is 13.5 Å². The predicted octanol–water partition coefficient (Wildman–Crippen LogP) is 0.885. The minimum Gasteiger partial charge on any atom is -0.441 e. The summed E-state index contributed by atoms with van der Waals surface area (Å²) in [4.78, 5) is 4.20. The Morgan fingerprint density at radius 3 is 2.93 bits per heavy atom. The van der Waals surface area contributed by atoms with Gasteiger partial charge in [-0.2, -0.15) is 5.10 Å². The highest BCUT2D eigenvalue weighted by atomic mass is 16.4. The first-order valence-corrected chi connectivity index (χ1v) is 4.86. The van der Waals surface area contributed by atoms with Gasteiger partial charge in [0, 0.05) is 19.7 Å². The zero-order valence-electron chi connectivity index (χ0n) is 8.90. The molecule has 15 heavy (non-hydrogen) atoms. The average molecular weight is 206 g/mol. The Bertz CT molecular complexity index is 458. The van der Waals surface area contributed by atoms with Crippen LogP contribution < -0.4 is 5.73 Å². The molecule has 2 N–H and O–H groups in total. The van der Waals surface area contributed by atoms with Gasteiger partial charge in [0.15, 0.2) is 0 Å². The van der Waals surface area contributed by atoms with Crippen LogP contribution in [-0.4, -0.2) is 21.3 Å². The molecule has 2 aromatic rings. The van der Waals surface area contributed by atoms with Crippen LogP contribution in [0.2, 0.25) is 0 Å². The van der Waals surface area contributed by atoms with E-state index in [0.717, 1.165) is 17.0 Å². The quantitative estimate of drug-likeness (QED) is 0.809. The highest BCUT2D eigenvalue weighted by Crippen LogP contribution is 2.21. The van der Waals surface area contributed by atoms with Gasteiger partial charge in [-0.15, -0.1) is 0 Å². The molecule has 0 aliphatic carbocycles. The SMILES string of the molecule is Cc1nn(C)cc1-c1ncc(CCN)o1. The molecule has 0 amide bonds. The van der Waals surface area contributed by atoms with E-state index in [9.17, 15) is 0 Å². The molecular weight excluding hydrogens is 192 g/mol. The van der Waals surface area contributed by atoms with E-state index >= 15 is 0 Å². The summed E-state index contributed by atoms with van der Waals surface area (Å²) in [7, 11) is 1.88. The third-order valence-electron chi connectivity index (χ3n) is 2.19. The molecule has 0 spiro atoms. The van der Waals surface area contributed by atoms with E-state index in [-0.39, 0.29) is 0 Å². The zero-order valence-corrected chi connectivity index (χ0v) is 8.90. The van der Waals surface area contributed by atoms with Crippen molar-refractivity contribution in [1.82, 2.24) is 14.8 Å². The first-order valence-electron chi connectivity index (χ1n) is 4.86. The molecule has 0 unspecified atom stereocenters. The summed E-state index contributed by atoms with van der Waals surface area (Å²) in [6.07, 6.45) is 4.33. The minimum atomic E-state index is 0.570. The van der Waals surface area contributed by atoms with Crippen LogP contribution >= 0.6 is 0 Å². The lowest BCUT2D eigenvalue weighted by atomic mass is 10.3. The van der Waals surface area contributed by atoms with Crippen molar-refractivity contribution in [3.63, 3.8) is 0 Å². The van der Waals surface area contributed by atoms with Crippen LogP contribution in [0.3, 0.4) is 0 Å². The maximum atomic E-state index is 5.56. The molecule has 0 saturated carbocycles. The Morgan fingerprint density at radius 1 is 1.53 bits per heavy atom. The van der Waals surface area contributed by atoms with E-state index in [1.54, 1.807) is 10.9 Å². The molecule has 0 radical (unpaired) electrons.